The molecular weight excluding hydrogens is 348 g/mol. The van der Waals surface area contributed by atoms with Crippen LogP contribution in [-0.4, -0.2) is 42.1 Å². The summed E-state index contributed by atoms with van der Waals surface area (Å²) in [5, 5.41) is 6.66. The van der Waals surface area contributed by atoms with Gasteiger partial charge >= 0.3 is 0 Å². The zero-order valence-corrected chi connectivity index (χ0v) is 15.6. The molecule has 2 atom stereocenters. The highest BCUT2D eigenvalue weighted by Crippen LogP contribution is 2.32. The minimum Gasteiger partial charge on any atom is -0.376 e. The van der Waals surface area contributed by atoms with E-state index in [9.17, 15) is 4.79 Å². The molecule has 4 rings (SSSR count). The van der Waals surface area contributed by atoms with Crippen LogP contribution in [0.3, 0.4) is 0 Å². The van der Waals surface area contributed by atoms with Crippen molar-refractivity contribution in [2.75, 3.05) is 18.2 Å². The average molecular weight is 370 g/mol. The van der Waals surface area contributed by atoms with Crippen molar-refractivity contribution < 1.29 is 9.53 Å². The monoisotopic (exact) mass is 370 g/mol. The lowest BCUT2D eigenvalue weighted by molar-refractivity contribution is -0.118. The van der Waals surface area contributed by atoms with Crippen molar-refractivity contribution in [2.45, 2.75) is 38.7 Å². The van der Waals surface area contributed by atoms with E-state index in [0.717, 1.165) is 48.2 Å². The van der Waals surface area contributed by atoms with Crippen LogP contribution < -0.4 is 5.01 Å². The van der Waals surface area contributed by atoms with E-state index in [1.54, 1.807) is 6.21 Å². The van der Waals surface area contributed by atoms with Crippen molar-refractivity contribution in [1.29, 1.82) is 0 Å². The van der Waals surface area contributed by atoms with Crippen molar-refractivity contribution in [2.24, 2.45) is 16.0 Å². The zero-order chi connectivity index (χ0) is 17.9. The molecule has 0 saturated carbocycles. The number of amides is 1. The molecule has 0 aliphatic carbocycles. The van der Waals surface area contributed by atoms with Gasteiger partial charge in [-0.05, 0) is 31.4 Å². The van der Waals surface area contributed by atoms with Crippen LogP contribution in [0.2, 0.25) is 0 Å². The van der Waals surface area contributed by atoms with Crippen LogP contribution in [0, 0.1) is 5.92 Å². The van der Waals surface area contributed by atoms with Gasteiger partial charge in [0.05, 0.1) is 28.6 Å². The molecular formula is C19H22N4O2S. The highest BCUT2D eigenvalue weighted by molar-refractivity contribution is 7.22. The summed E-state index contributed by atoms with van der Waals surface area (Å²) in [6.45, 7) is 3.52. The summed E-state index contributed by atoms with van der Waals surface area (Å²) in [5.74, 6) is -0.452. The van der Waals surface area contributed by atoms with Crippen LogP contribution in [0.4, 0.5) is 5.13 Å². The Morgan fingerprint density at radius 3 is 3.08 bits per heavy atom. The molecule has 1 fully saturated rings. The van der Waals surface area contributed by atoms with Crippen LogP contribution >= 0.6 is 11.3 Å². The lowest BCUT2D eigenvalue weighted by Crippen LogP contribution is -2.28. The third-order valence-electron chi connectivity index (χ3n) is 4.62. The van der Waals surface area contributed by atoms with Gasteiger partial charge in [-0.15, -0.1) is 0 Å². The minimum absolute atomic E-state index is 0.0661. The minimum atomic E-state index is -0.386. The van der Waals surface area contributed by atoms with Gasteiger partial charge in [-0.3, -0.25) is 9.79 Å². The topological polar surface area (TPSA) is 67.2 Å². The van der Waals surface area contributed by atoms with Crippen LogP contribution in [0.25, 0.3) is 10.2 Å². The number of para-hydroxylation sites is 1. The number of hydrogen-bond donors (Lipinski definition) is 0. The average Bonchev–Trinajstić information content (AvgIpc) is 3.36. The molecule has 0 spiro atoms. The Kier molecular flexibility index (Phi) is 5.08. The maximum Gasteiger partial charge on any atom is 0.263 e. The number of benzene rings is 1. The smallest absolute Gasteiger partial charge is 0.263 e. The van der Waals surface area contributed by atoms with E-state index >= 15 is 0 Å². The number of aliphatic imine (C=N–C) groups is 1. The fourth-order valence-corrected chi connectivity index (χ4v) is 4.21. The highest BCUT2D eigenvalue weighted by atomic mass is 32.1. The number of aromatic nitrogens is 1. The molecule has 0 radical (unpaired) electrons. The molecule has 0 N–H and O–H groups in total. The second-order valence-electron chi connectivity index (χ2n) is 6.58. The number of anilines is 1. The van der Waals surface area contributed by atoms with Crippen LogP contribution in [0.5, 0.6) is 0 Å². The van der Waals surface area contributed by atoms with Crippen LogP contribution in [0.1, 0.15) is 32.6 Å². The first-order valence-electron chi connectivity index (χ1n) is 9.14. The molecule has 0 unspecified atom stereocenters. The quantitative estimate of drug-likeness (QED) is 0.729. The Labute approximate surface area is 156 Å². The van der Waals surface area contributed by atoms with Gasteiger partial charge in [0, 0.05) is 12.8 Å². The number of thiazole rings is 1. The largest absolute Gasteiger partial charge is 0.376 e. The Bertz CT molecular complexity index is 821. The third-order valence-corrected chi connectivity index (χ3v) is 5.63. The number of nitrogens with zero attached hydrogens (tertiary/aromatic N) is 4. The molecule has 3 heterocycles. The van der Waals surface area contributed by atoms with Crippen molar-refractivity contribution in [3.05, 3.63) is 24.3 Å². The first-order chi connectivity index (χ1) is 12.8. The Balaban J connectivity index is 1.54. The molecule has 26 heavy (non-hydrogen) atoms. The summed E-state index contributed by atoms with van der Waals surface area (Å²) in [4.78, 5) is 22.0. The number of carbonyl (C=O) groups is 1. The number of ether oxygens (including phenoxy) is 1. The summed E-state index contributed by atoms with van der Waals surface area (Å²) in [6, 6.07) is 7.88. The van der Waals surface area contributed by atoms with Crippen LogP contribution in [-0.2, 0) is 9.53 Å². The maximum absolute atomic E-state index is 13.0. The predicted octanol–water partition coefficient (Wildman–Crippen LogP) is 3.67. The van der Waals surface area contributed by atoms with Crippen LogP contribution in [0.15, 0.2) is 34.4 Å². The molecule has 0 bridgehead atoms. The number of rotatable bonds is 6. The second-order valence-corrected chi connectivity index (χ2v) is 7.59. The first-order valence-corrected chi connectivity index (χ1v) is 9.96. The summed E-state index contributed by atoms with van der Waals surface area (Å²) >= 11 is 1.49. The standard InChI is InChI=1S/C19H22N4O2S/c1-2-6-15-14(12-20-11-13-7-5-10-25-13)18(24)23(22-15)19-21-16-8-3-4-9-17(16)26-19/h3-4,8-9,12-14H,2,5-7,10-11H2,1H3/t13-,14-/m1/s1. The molecule has 6 nitrogen and oxygen atoms in total. The number of fused-ring (bicyclic) bond motifs is 1. The molecule has 2 aliphatic rings. The van der Waals surface area contributed by atoms with Gasteiger partial charge in [-0.25, -0.2) is 4.98 Å². The molecule has 1 aromatic carbocycles. The lowest BCUT2D eigenvalue weighted by atomic mass is 10.0. The Morgan fingerprint density at radius 2 is 2.31 bits per heavy atom. The maximum atomic E-state index is 13.0. The van der Waals surface area contributed by atoms with E-state index in [2.05, 4.69) is 22.0 Å². The van der Waals surface area contributed by atoms with Crippen molar-refractivity contribution in [3.63, 3.8) is 0 Å². The van der Waals surface area contributed by atoms with Gasteiger partial charge in [-0.2, -0.15) is 10.1 Å². The summed E-state index contributed by atoms with van der Waals surface area (Å²) in [7, 11) is 0. The first kappa shape index (κ1) is 17.3. The molecule has 136 valence electrons. The molecule has 2 aromatic rings. The summed E-state index contributed by atoms with van der Waals surface area (Å²) < 4.78 is 6.65. The highest BCUT2D eigenvalue weighted by Gasteiger charge is 2.36. The fourth-order valence-electron chi connectivity index (χ4n) is 3.29. The zero-order valence-electron chi connectivity index (χ0n) is 14.8. The van der Waals surface area contributed by atoms with E-state index in [1.165, 1.54) is 16.3 Å². The second kappa shape index (κ2) is 7.63. The predicted molar refractivity (Wildman–Crippen MR) is 105 cm³/mol. The molecule has 7 heteroatoms. The van der Waals surface area contributed by atoms with E-state index in [1.807, 2.05) is 24.3 Å². The summed E-state index contributed by atoms with van der Waals surface area (Å²) in [6.07, 6.45) is 5.81. The van der Waals surface area contributed by atoms with Gasteiger partial charge < -0.3 is 4.74 Å². The normalized spacial score (nSPS) is 23.5. The van der Waals surface area contributed by atoms with Gasteiger partial charge in [0.2, 0.25) is 5.13 Å². The van der Waals surface area contributed by atoms with E-state index in [0.29, 0.717) is 11.7 Å². The number of hydrazone groups is 1. The molecule has 2 aliphatic heterocycles. The summed E-state index contributed by atoms with van der Waals surface area (Å²) in [5.41, 5.74) is 1.76. The van der Waals surface area contributed by atoms with Gasteiger partial charge in [0.15, 0.2) is 0 Å². The van der Waals surface area contributed by atoms with E-state index in [4.69, 9.17) is 4.74 Å². The van der Waals surface area contributed by atoms with Gasteiger partial charge in [0.25, 0.3) is 5.91 Å². The number of carbonyl (C=O) groups excluding carboxylic acids is 1. The van der Waals surface area contributed by atoms with E-state index in [-0.39, 0.29) is 17.9 Å². The number of hydrogen-bond acceptors (Lipinski definition) is 6. The molecule has 1 saturated heterocycles. The van der Waals surface area contributed by atoms with Crippen molar-refractivity contribution in [3.8, 4) is 0 Å². The molecule has 1 amide bonds. The SMILES string of the molecule is CCCC1=NN(c2nc3ccccc3s2)C(=O)[C@@H]1C=NC[C@H]1CCCO1. The molecule has 1 aromatic heterocycles. The van der Waals surface area contributed by atoms with Gasteiger partial charge in [0.1, 0.15) is 5.92 Å². The van der Waals surface area contributed by atoms with Gasteiger partial charge in [-0.1, -0.05) is 36.8 Å². The fraction of sp³-hybridized carbons (Fsp3) is 0.474. The van der Waals surface area contributed by atoms with Crippen molar-refractivity contribution >= 4 is 44.5 Å². The Morgan fingerprint density at radius 1 is 1.42 bits per heavy atom. The Hall–Kier alpha value is -2.12. The third kappa shape index (κ3) is 3.41. The van der Waals surface area contributed by atoms with Crippen molar-refractivity contribution in [1.82, 2.24) is 4.98 Å². The van der Waals surface area contributed by atoms with E-state index < -0.39 is 0 Å². The lowest BCUT2D eigenvalue weighted by Gasteiger charge is -2.09.